The van der Waals surface area contributed by atoms with E-state index < -0.39 is 0 Å². The number of ketones is 3. The number of carbonyl (C=O) groups excluding carboxylic acids is 3. The van der Waals surface area contributed by atoms with Crippen LogP contribution in [0.5, 0.6) is 0 Å². The minimum atomic E-state index is -0.240. The van der Waals surface area contributed by atoms with Crippen LogP contribution in [0.4, 0.5) is 10.0 Å². The van der Waals surface area contributed by atoms with Crippen molar-refractivity contribution in [3.05, 3.63) is 64.2 Å². The molecule has 0 radical (unpaired) electrons. The molecule has 2 atom stereocenters. The monoisotopic (exact) mass is 591 g/mol. The Balaban J connectivity index is 1.32. The van der Waals surface area contributed by atoms with Crippen molar-refractivity contribution in [2.45, 2.75) is 64.7 Å². The summed E-state index contributed by atoms with van der Waals surface area (Å²) in [7, 11) is 0. The smallest absolute Gasteiger partial charge is 0.212 e. The van der Waals surface area contributed by atoms with Crippen molar-refractivity contribution in [1.29, 1.82) is 5.26 Å². The summed E-state index contributed by atoms with van der Waals surface area (Å²) in [5.41, 5.74) is 4.98. The first-order valence-electron chi connectivity index (χ1n) is 14.6. The molecule has 3 aromatic rings. The van der Waals surface area contributed by atoms with Crippen LogP contribution in [0.2, 0.25) is 0 Å². The van der Waals surface area contributed by atoms with Crippen LogP contribution in [-0.4, -0.2) is 28.8 Å². The Morgan fingerprint density at radius 1 is 0.881 bits per heavy atom. The molecule has 0 N–H and O–H groups in total. The van der Waals surface area contributed by atoms with Crippen molar-refractivity contribution in [3.8, 4) is 15.8 Å². The molecule has 0 amide bonds. The molecule has 1 aromatic carbocycles. The summed E-state index contributed by atoms with van der Waals surface area (Å²) in [5, 5.41) is 11.1. The number of hydrogen-bond acceptors (Lipinski definition) is 8. The van der Waals surface area contributed by atoms with Crippen molar-refractivity contribution in [2.75, 3.05) is 0 Å². The van der Waals surface area contributed by atoms with Crippen molar-refractivity contribution in [3.63, 3.8) is 0 Å². The predicted octanol–water partition coefficient (Wildman–Crippen LogP) is 8.19. The van der Waals surface area contributed by atoms with Crippen LogP contribution >= 0.6 is 22.7 Å². The Morgan fingerprint density at radius 2 is 1.40 bits per heavy atom. The van der Waals surface area contributed by atoms with Gasteiger partial charge in [0.05, 0.1) is 15.8 Å². The van der Waals surface area contributed by atoms with Crippen molar-refractivity contribution in [2.24, 2.45) is 21.8 Å². The van der Waals surface area contributed by atoms with Crippen molar-refractivity contribution < 1.29 is 14.4 Å². The zero-order valence-corrected chi connectivity index (χ0v) is 25.4. The number of benzene rings is 1. The van der Waals surface area contributed by atoms with Crippen LogP contribution in [0.3, 0.4) is 0 Å². The third-order valence-corrected chi connectivity index (χ3v) is 11.9. The number of aliphatic imine (C=N–C) groups is 2. The van der Waals surface area contributed by atoms with Crippen LogP contribution < -0.4 is 0 Å². The zero-order valence-electron chi connectivity index (χ0n) is 23.7. The van der Waals surface area contributed by atoms with Crippen LogP contribution in [0.1, 0.15) is 86.3 Å². The molecule has 0 spiro atoms. The van der Waals surface area contributed by atoms with E-state index in [2.05, 4.69) is 32.0 Å². The minimum Gasteiger partial charge on any atom is -0.292 e. The van der Waals surface area contributed by atoms with Gasteiger partial charge in [-0.15, -0.1) is 22.7 Å². The summed E-state index contributed by atoms with van der Waals surface area (Å²) in [5.74, 6) is -0.711. The highest BCUT2D eigenvalue weighted by molar-refractivity contribution is 7.26. The molecule has 0 saturated heterocycles. The highest BCUT2D eigenvalue weighted by Crippen LogP contribution is 2.61. The molecule has 2 heterocycles. The third-order valence-electron chi connectivity index (χ3n) is 9.67. The quantitative estimate of drug-likeness (QED) is 0.286. The van der Waals surface area contributed by atoms with E-state index in [0.29, 0.717) is 27.4 Å². The summed E-state index contributed by atoms with van der Waals surface area (Å²) in [6.07, 6.45) is 5.30. The fourth-order valence-corrected chi connectivity index (χ4v) is 9.87. The number of fused-ring (bicyclic) bond motifs is 5. The maximum Gasteiger partial charge on any atom is 0.212 e. The summed E-state index contributed by atoms with van der Waals surface area (Å²) in [4.78, 5) is 51.5. The Labute approximate surface area is 252 Å². The molecule has 210 valence electrons. The molecule has 4 aliphatic rings. The van der Waals surface area contributed by atoms with E-state index in [0.717, 1.165) is 58.8 Å². The Bertz CT molecular complexity index is 1830. The lowest BCUT2D eigenvalue weighted by molar-refractivity contribution is -0.120. The topological polar surface area (TPSA) is 99.7 Å². The second-order valence-electron chi connectivity index (χ2n) is 11.6. The lowest BCUT2D eigenvalue weighted by Gasteiger charge is -2.27. The number of Topliss-reactive ketones (excluding diaryl/α,β-unsaturated/α-hetero) is 3. The molecule has 2 unspecified atom stereocenters. The van der Waals surface area contributed by atoms with Gasteiger partial charge in [0.1, 0.15) is 15.7 Å². The Morgan fingerprint density at radius 3 is 1.93 bits per heavy atom. The number of nitriles is 1. The molecule has 6 nitrogen and oxygen atoms in total. The van der Waals surface area contributed by atoms with Crippen LogP contribution in [0.15, 0.2) is 52.0 Å². The molecule has 0 bridgehead atoms. The van der Waals surface area contributed by atoms with Gasteiger partial charge < -0.3 is 0 Å². The molecule has 2 aromatic heterocycles. The number of nitrogens with zero attached hydrogens (tertiary/aromatic N) is 3. The predicted molar refractivity (Wildman–Crippen MR) is 168 cm³/mol. The highest BCUT2D eigenvalue weighted by atomic mass is 32.1. The van der Waals surface area contributed by atoms with E-state index in [-0.39, 0.29) is 40.3 Å². The lowest BCUT2D eigenvalue weighted by Crippen LogP contribution is -2.22. The zero-order chi connectivity index (χ0) is 29.3. The van der Waals surface area contributed by atoms with Gasteiger partial charge in [0.2, 0.25) is 5.78 Å². The van der Waals surface area contributed by atoms with Gasteiger partial charge in [-0.1, -0.05) is 51.0 Å². The van der Waals surface area contributed by atoms with Gasteiger partial charge in [0.25, 0.3) is 0 Å². The van der Waals surface area contributed by atoms with Gasteiger partial charge in [0, 0.05) is 34.0 Å². The molecule has 4 aliphatic carbocycles. The lowest BCUT2D eigenvalue weighted by atomic mass is 9.75. The molecule has 7 rings (SSSR count). The first-order chi connectivity index (χ1) is 20.3. The van der Waals surface area contributed by atoms with E-state index >= 15 is 0 Å². The standard InChI is InChI=1S/C34H29N3O3S2/c1-4-34(5-2)22-14-24(36-27-26(17(3)16-35)18-10-6-7-11-19(18)29(27)38)41-32(22)33-23(34)15-25(42-33)37-28-30(39)20-12-8-9-13-21(20)31(28)40/h6-7,10-11,14-15,20-21H,4-5,8-9,12-13H2,1-3H3/b26-17-,36-27?,37-28?. The highest BCUT2D eigenvalue weighted by Gasteiger charge is 2.48. The van der Waals surface area contributed by atoms with Gasteiger partial charge in [-0.2, -0.15) is 5.26 Å². The van der Waals surface area contributed by atoms with Crippen LogP contribution in [0.25, 0.3) is 15.3 Å². The van der Waals surface area contributed by atoms with Gasteiger partial charge in [0.15, 0.2) is 17.3 Å². The average molecular weight is 592 g/mol. The maximum atomic E-state index is 13.4. The number of allylic oxidation sites excluding steroid dienone is 2. The second kappa shape index (κ2) is 9.89. The summed E-state index contributed by atoms with van der Waals surface area (Å²) in [6, 6.07) is 13.7. The molecule has 0 aliphatic heterocycles. The minimum absolute atomic E-state index is 0.0795. The van der Waals surface area contributed by atoms with E-state index in [1.54, 1.807) is 24.3 Å². The molecular weight excluding hydrogens is 563 g/mol. The SMILES string of the molecule is CCC1(CC)c2cc(N=C3C(=O)C4CCCCC4C3=O)sc2-c2sc(N=C3C(=O)c4ccccc4/C3=C(\C)C#N)cc21. The molecule has 2 saturated carbocycles. The van der Waals surface area contributed by atoms with Crippen LogP contribution in [-0.2, 0) is 15.0 Å². The third kappa shape index (κ3) is 3.69. The molecule has 42 heavy (non-hydrogen) atoms. The Kier molecular flexibility index (Phi) is 6.37. The Hall–Kier alpha value is -3.80. The summed E-state index contributed by atoms with van der Waals surface area (Å²) in [6.45, 7) is 6.08. The average Bonchev–Trinajstić information content (AvgIpc) is 3.78. The molecule has 8 heteroatoms. The van der Waals surface area contributed by atoms with Gasteiger partial charge in [-0.3, -0.25) is 14.4 Å². The van der Waals surface area contributed by atoms with Crippen molar-refractivity contribution in [1.82, 2.24) is 0 Å². The fourth-order valence-electron chi connectivity index (χ4n) is 7.44. The summed E-state index contributed by atoms with van der Waals surface area (Å²) < 4.78 is 0. The van der Waals surface area contributed by atoms with Crippen molar-refractivity contribution >= 4 is 67.0 Å². The van der Waals surface area contributed by atoms with E-state index in [1.165, 1.54) is 22.5 Å². The van der Waals surface area contributed by atoms with Gasteiger partial charge >= 0.3 is 0 Å². The number of hydrogen-bond donors (Lipinski definition) is 0. The normalized spacial score (nSPS) is 24.0. The first kappa shape index (κ1) is 27.1. The first-order valence-corrected chi connectivity index (χ1v) is 16.3. The molecule has 2 fully saturated rings. The number of carbonyl (C=O) groups is 3. The van der Waals surface area contributed by atoms with Gasteiger partial charge in [-0.05, 0) is 61.4 Å². The summed E-state index contributed by atoms with van der Waals surface area (Å²) >= 11 is 3.07. The fraction of sp³-hybridized carbons (Fsp3) is 0.353. The van der Waals surface area contributed by atoms with E-state index in [9.17, 15) is 19.6 Å². The van der Waals surface area contributed by atoms with E-state index in [1.807, 2.05) is 18.2 Å². The largest absolute Gasteiger partial charge is 0.292 e. The second-order valence-corrected chi connectivity index (χ2v) is 13.6. The number of rotatable bonds is 4. The maximum absolute atomic E-state index is 13.4. The van der Waals surface area contributed by atoms with E-state index in [4.69, 9.17) is 9.98 Å². The van der Waals surface area contributed by atoms with Crippen LogP contribution in [0, 0.1) is 23.2 Å². The van der Waals surface area contributed by atoms with Gasteiger partial charge in [-0.25, -0.2) is 9.98 Å². The molecular formula is C34H29N3O3S2. The number of thiophene rings is 2.